The van der Waals surface area contributed by atoms with Crippen LogP contribution >= 0.6 is 11.6 Å². The van der Waals surface area contributed by atoms with Crippen molar-refractivity contribution in [3.05, 3.63) is 46.5 Å². The van der Waals surface area contributed by atoms with E-state index in [1.54, 1.807) is 0 Å². The Kier molecular flexibility index (Phi) is 8.73. The normalized spacial score (nSPS) is 13.0. The van der Waals surface area contributed by atoms with Crippen LogP contribution in [0.5, 0.6) is 0 Å². The van der Waals surface area contributed by atoms with Gasteiger partial charge in [-0.1, -0.05) is 43.6 Å². The average molecular weight is 406 g/mol. The first-order chi connectivity index (χ1) is 13.5. The van der Waals surface area contributed by atoms with Crippen molar-refractivity contribution in [1.29, 1.82) is 0 Å². The summed E-state index contributed by atoms with van der Waals surface area (Å²) >= 11 is 6.50. The van der Waals surface area contributed by atoms with E-state index < -0.39 is 0 Å². The second-order valence-electron chi connectivity index (χ2n) is 6.56. The van der Waals surface area contributed by atoms with Gasteiger partial charge in [0.25, 0.3) is 0 Å². The number of benzene rings is 1. The Morgan fingerprint density at radius 2 is 1.89 bits per heavy atom. The molecule has 0 aliphatic rings. The van der Waals surface area contributed by atoms with E-state index in [9.17, 15) is 0 Å². The molecule has 0 aliphatic heterocycles. The average Bonchev–Trinajstić information content (AvgIpc) is 3.02. The molecule has 0 radical (unpaired) electrons. The summed E-state index contributed by atoms with van der Waals surface area (Å²) in [5, 5.41) is 15.8. The highest BCUT2D eigenvalue weighted by atomic mass is 35.5. The molecule has 0 bridgehead atoms. The van der Waals surface area contributed by atoms with E-state index in [-0.39, 0.29) is 6.04 Å². The fourth-order valence-corrected chi connectivity index (χ4v) is 3.38. The zero-order valence-electron chi connectivity index (χ0n) is 17.5. The van der Waals surface area contributed by atoms with Gasteiger partial charge in [-0.25, -0.2) is 4.99 Å². The molecule has 1 atom stereocenters. The Morgan fingerprint density at radius 1 is 1.18 bits per heavy atom. The van der Waals surface area contributed by atoms with Crippen LogP contribution in [0.2, 0.25) is 5.02 Å². The molecule has 0 aliphatic carbocycles. The third kappa shape index (κ3) is 5.69. The van der Waals surface area contributed by atoms with E-state index in [4.69, 9.17) is 11.6 Å². The number of hydrogen-bond donors (Lipinski definition) is 2. The summed E-state index contributed by atoms with van der Waals surface area (Å²) in [6.45, 7) is 12.2. The lowest BCUT2D eigenvalue weighted by Crippen LogP contribution is -2.43. The zero-order chi connectivity index (χ0) is 20.5. The number of nitrogens with one attached hydrogen (secondary N) is 2. The van der Waals surface area contributed by atoms with Crippen LogP contribution in [-0.4, -0.2) is 51.8 Å². The number of halogens is 1. The molecule has 1 unspecified atom stereocenters. The maximum atomic E-state index is 6.50. The zero-order valence-corrected chi connectivity index (χ0v) is 18.3. The fourth-order valence-electron chi connectivity index (χ4n) is 3.12. The molecule has 0 saturated heterocycles. The molecule has 0 saturated carbocycles. The summed E-state index contributed by atoms with van der Waals surface area (Å²) in [5.74, 6) is 2.47. The van der Waals surface area contributed by atoms with Gasteiger partial charge < -0.3 is 15.2 Å². The molecular weight excluding hydrogens is 374 g/mol. The van der Waals surface area contributed by atoms with Crippen molar-refractivity contribution in [2.24, 2.45) is 12.0 Å². The first kappa shape index (κ1) is 22.2. The minimum absolute atomic E-state index is 0.157. The third-order valence-corrected chi connectivity index (χ3v) is 5.23. The van der Waals surface area contributed by atoms with Gasteiger partial charge in [-0.2, -0.15) is 0 Å². The number of likely N-dealkylation sites (N-methyl/N-ethyl adjacent to an activating group) is 1. The van der Waals surface area contributed by atoms with Crippen LogP contribution in [0.4, 0.5) is 0 Å². The van der Waals surface area contributed by atoms with Gasteiger partial charge in [0.2, 0.25) is 0 Å². The Hall–Kier alpha value is -2.12. The maximum absolute atomic E-state index is 6.50. The van der Waals surface area contributed by atoms with Crippen molar-refractivity contribution in [2.45, 2.75) is 40.3 Å². The standard InChI is InChI=1S/C20H32ClN7/c1-6-22-20(24-14-19-26-25-15(4)27(19)5)23-13-18(28(7-2)8-3)16-11-9-10-12-17(16)21/h9-12,18H,6-8,13-14H2,1-5H3,(H2,22,23,24). The lowest BCUT2D eigenvalue weighted by molar-refractivity contribution is 0.219. The second-order valence-corrected chi connectivity index (χ2v) is 6.96. The molecule has 8 heteroatoms. The predicted molar refractivity (Wildman–Crippen MR) is 116 cm³/mol. The topological polar surface area (TPSA) is 70.4 Å². The van der Waals surface area contributed by atoms with Crippen LogP contribution in [0.25, 0.3) is 0 Å². The van der Waals surface area contributed by atoms with E-state index in [1.165, 1.54) is 0 Å². The molecule has 1 heterocycles. The SMILES string of the molecule is CCNC(=NCc1nnc(C)n1C)NCC(c1ccccc1Cl)N(CC)CC. The number of aliphatic imine (C=N–C) groups is 1. The minimum Gasteiger partial charge on any atom is -0.357 e. The number of hydrogen-bond acceptors (Lipinski definition) is 4. The predicted octanol–water partition coefficient (Wildman–Crippen LogP) is 2.92. The van der Waals surface area contributed by atoms with Crippen molar-refractivity contribution in [2.75, 3.05) is 26.2 Å². The highest BCUT2D eigenvalue weighted by Gasteiger charge is 2.20. The number of nitrogens with zero attached hydrogens (tertiary/aromatic N) is 5. The van der Waals surface area contributed by atoms with Crippen LogP contribution in [-0.2, 0) is 13.6 Å². The van der Waals surface area contributed by atoms with Gasteiger partial charge in [0.15, 0.2) is 11.8 Å². The summed E-state index contributed by atoms with van der Waals surface area (Å²) in [7, 11) is 1.95. The molecule has 0 spiro atoms. The van der Waals surface area contributed by atoms with E-state index >= 15 is 0 Å². The Morgan fingerprint density at radius 3 is 2.46 bits per heavy atom. The second kappa shape index (κ2) is 11.0. The van der Waals surface area contributed by atoms with Crippen molar-refractivity contribution in [3.63, 3.8) is 0 Å². The largest absolute Gasteiger partial charge is 0.357 e. The Bertz CT molecular complexity index is 768. The molecule has 2 rings (SSSR count). The van der Waals surface area contributed by atoms with E-state index in [0.29, 0.717) is 13.1 Å². The fraction of sp³-hybridized carbons (Fsp3) is 0.550. The third-order valence-electron chi connectivity index (χ3n) is 4.89. The molecule has 28 heavy (non-hydrogen) atoms. The van der Waals surface area contributed by atoms with Gasteiger partial charge in [-0.05, 0) is 38.6 Å². The summed E-state index contributed by atoms with van der Waals surface area (Å²) in [6.07, 6.45) is 0. The highest BCUT2D eigenvalue weighted by Crippen LogP contribution is 2.26. The minimum atomic E-state index is 0.157. The molecule has 1 aromatic carbocycles. The van der Waals surface area contributed by atoms with E-state index in [2.05, 4.69) is 57.6 Å². The van der Waals surface area contributed by atoms with Crippen LogP contribution < -0.4 is 10.6 Å². The summed E-state index contributed by atoms with van der Waals surface area (Å²) in [6, 6.07) is 8.20. The number of aromatic nitrogens is 3. The molecule has 7 nitrogen and oxygen atoms in total. The van der Waals surface area contributed by atoms with Crippen LogP contribution in [0, 0.1) is 6.92 Å². The van der Waals surface area contributed by atoms with Gasteiger partial charge in [-0.3, -0.25) is 4.90 Å². The van der Waals surface area contributed by atoms with E-state index in [0.717, 1.165) is 47.8 Å². The van der Waals surface area contributed by atoms with Crippen LogP contribution in [0.1, 0.15) is 44.0 Å². The van der Waals surface area contributed by atoms with Gasteiger partial charge in [0.05, 0.1) is 6.04 Å². The first-order valence-corrected chi connectivity index (χ1v) is 10.2. The van der Waals surface area contributed by atoms with Crippen molar-refractivity contribution in [3.8, 4) is 0 Å². The monoisotopic (exact) mass is 405 g/mol. The number of aryl methyl sites for hydroxylation is 1. The first-order valence-electron chi connectivity index (χ1n) is 9.87. The Labute approximate surface area is 173 Å². The van der Waals surface area contributed by atoms with Gasteiger partial charge in [-0.15, -0.1) is 10.2 Å². The van der Waals surface area contributed by atoms with Gasteiger partial charge in [0.1, 0.15) is 12.4 Å². The molecule has 0 fully saturated rings. The molecule has 2 aromatic rings. The lowest BCUT2D eigenvalue weighted by Gasteiger charge is -2.31. The molecule has 1 aromatic heterocycles. The maximum Gasteiger partial charge on any atom is 0.191 e. The summed E-state index contributed by atoms with van der Waals surface area (Å²) < 4.78 is 1.95. The lowest BCUT2D eigenvalue weighted by atomic mass is 10.0. The van der Waals surface area contributed by atoms with Crippen molar-refractivity contribution < 1.29 is 0 Å². The summed E-state index contributed by atoms with van der Waals surface area (Å²) in [4.78, 5) is 7.07. The van der Waals surface area contributed by atoms with Crippen LogP contribution in [0.15, 0.2) is 29.3 Å². The molecule has 0 amide bonds. The Balaban J connectivity index is 2.16. The highest BCUT2D eigenvalue weighted by molar-refractivity contribution is 6.31. The number of rotatable bonds is 9. The van der Waals surface area contributed by atoms with Crippen molar-refractivity contribution >= 4 is 17.6 Å². The number of guanidine groups is 1. The van der Waals surface area contributed by atoms with Crippen LogP contribution in [0.3, 0.4) is 0 Å². The summed E-state index contributed by atoms with van der Waals surface area (Å²) in [5.41, 5.74) is 1.13. The van der Waals surface area contributed by atoms with E-state index in [1.807, 2.05) is 36.7 Å². The van der Waals surface area contributed by atoms with Crippen molar-refractivity contribution in [1.82, 2.24) is 30.3 Å². The molecule has 2 N–H and O–H groups in total. The molecular formula is C20H32ClN7. The van der Waals surface area contributed by atoms with Gasteiger partial charge >= 0.3 is 0 Å². The molecule has 154 valence electrons. The van der Waals surface area contributed by atoms with Gasteiger partial charge in [0, 0.05) is 25.2 Å². The smallest absolute Gasteiger partial charge is 0.191 e. The quantitative estimate of drug-likeness (QED) is 0.495.